The number of hydrogen-bond acceptors (Lipinski definition) is 5. The van der Waals surface area contributed by atoms with Crippen LogP contribution in [0.1, 0.15) is 6.92 Å². The number of amides is 1. The van der Waals surface area contributed by atoms with E-state index in [9.17, 15) is 13.2 Å². The van der Waals surface area contributed by atoms with Crippen molar-refractivity contribution in [3.05, 3.63) is 47.5 Å². The molecule has 0 saturated carbocycles. The van der Waals surface area contributed by atoms with Crippen molar-refractivity contribution >= 4 is 38.9 Å². The fourth-order valence-electron chi connectivity index (χ4n) is 2.55. The Bertz CT molecular complexity index is 933. The number of halogens is 1. The monoisotopic (exact) mass is 412 g/mol. The zero-order chi connectivity index (χ0) is 20.2. The molecule has 1 atom stereocenters. The van der Waals surface area contributed by atoms with Crippen LogP contribution in [0.3, 0.4) is 0 Å². The summed E-state index contributed by atoms with van der Waals surface area (Å²) in [5.41, 5.74) is 0.754. The van der Waals surface area contributed by atoms with Crippen LogP contribution >= 0.6 is 11.6 Å². The van der Waals surface area contributed by atoms with Crippen LogP contribution in [0.15, 0.2) is 42.5 Å². The van der Waals surface area contributed by atoms with Gasteiger partial charge in [0.2, 0.25) is 15.9 Å². The Balaban J connectivity index is 2.30. The summed E-state index contributed by atoms with van der Waals surface area (Å²) in [6.07, 6.45) is 1.04. The standard InChI is InChI=1S/C18H21ClN2O5S/c1-12(18(22)20-13-8-9-17(26-3)16(19)10-13)21(27(4,23)24)14-6-5-7-15(11-14)25-2/h5-12H,1-4H3,(H,20,22)/t12-/m0/s1. The third-order valence-electron chi connectivity index (χ3n) is 3.82. The minimum absolute atomic E-state index is 0.326. The Kier molecular flexibility index (Phi) is 6.56. The molecule has 1 amide bonds. The number of hydrogen-bond donors (Lipinski definition) is 1. The first-order valence-corrected chi connectivity index (χ1v) is 10.2. The van der Waals surface area contributed by atoms with E-state index in [2.05, 4.69) is 5.32 Å². The van der Waals surface area contributed by atoms with E-state index in [1.807, 2.05) is 0 Å². The lowest BCUT2D eigenvalue weighted by Crippen LogP contribution is -2.45. The lowest BCUT2D eigenvalue weighted by molar-refractivity contribution is -0.116. The van der Waals surface area contributed by atoms with Gasteiger partial charge in [-0.25, -0.2) is 8.42 Å². The molecular formula is C18H21ClN2O5S. The predicted molar refractivity (Wildman–Crippen MR) is 106 cm³/mol. The number of methoxy groups -OCH3 is 2. The van der Waals surface area contributed by atoms with Gasteiger partial charge >= 0.3 is 0 Å². The van der Waals surface area contributed by atoms with Gasteiger partial charge in [0.25, 0.3) is 0 Å². The fourth-order valence-corrected chi connectivity index (χ4v) is 3.97. The quantitative estimate of drug-likeness (QED) is 0.755. The van der Waals surface area contributed by atoms with E-state index in [0.29, 0.717) is 27.9 Å². The zero-order valence-electron chi connectivity index (χ0n) is 15.4. The highest BCUT2D eigenvalue weighted by Gasteiger charge is 2.29. The molecule has 0 aliphatic rings. The zero-order valence-corrected chi connectivity index (χ0v) is 17.0. The van der Waals surface area contributed by atoms with Gasteiger partial charge in [-0.05, 0) is 37.3 Å². The van der Waals surface area contributed by atoms with Crippen molar-refractivity contribution in [1.29, 1.82) is 0 Å². The molecule has 0 radical (unpaired) electrons. The van der Waals surface area contributed by atoms with E-state index >= 15 is 0 Å². The SMILES string of the molecule is COc1cccc(N([C@@H](C)C(=O)Nc2ccc(OC)c(Cl)c2)S(C)(=O)=O)c1. The minimum Gasteiger partial charge on any atom is -0.497 e. The van der Waals surface area contributed by atoms with Crippen LogP contribution < -0.4 is 19.1 Å². The highest BCUT2D eigenvalue weighted by atomic mass is 35.5. The van der Waals surface area contributed by atoms with Crippen LogP contribution in [0, 0.1) is 0 Å². The highest BCUT2D eigenvalue weighted by molar-refractivity contribution is 7.92. The molecule has 0 unspecified atom stereocenters. The third-order valence-corrected chi connectivity index (χ3v) is 5.35. The molecule has 2 rings (SSSR count). The summed E-state index contributed by atoms with van der Waals surface area (Å²) < 4.78 is 35.9. The van der Waals surface area contributed by atoms with E-state index in [1.165, 1.54) is 27.2 Å². The highest BCUT2D eigenvalue weighted by Crippen LogP contribution is 2.28. The van der Waals surface area contributed by atoms with E-state index in [-0.39, 0.29) is 0 Å². The van der Waals surface area contributed by atoms with Crippen LogP contribution in [0.4, 0.5) is 11.4 Å². The van der Waals surface area contributed by atoms with Crippen LogP contribution in [0.5, 0.6) is 11.5 Å². The van der Waals surface area contributed by atoms with Crippen LogP contribution in [-0.2, 0) is 14.8 Å². The molecule has 0 saturated heterocycles. The number of nitrogens with zero attached hydrogens (tertiary/aromatic N) is 1. The molecule has 2 aromatic rings. The van der Waals surface area contributed by atoms with E-state index in [1.54, 1.807) is 36.4 Å². The smallest absolute Gasteiger partial charge is 0.247 e. The first kappa shape index (κ1) is 20.9. The van der Waals surface area contributed by atoms with Crippen LogP contribution in [0.25, 0.3) is 0 Å². The lowest BCUT2D eigenvalue weighted by atomic mass is 10.2. The van der Waals surface area contributed by atoms with Gasteiger partial charge in [0.1, 0.15) is 17.5 Å². The molecule has 0 spiro atoms. The molecule has 0 aromatic heterocycles. The van der Waals surface area contributed by atoms with Crippen molar-refractivity contribution in [1.82, 2.24) is 0 Å². The second kappa shape index (κ2) is 8.49. The number of anilines is 2. The molecule has 0 heterocycles. The van der Waals surface area contributed by atoms with Gasteiger partial charge in [0.15, 0.2) is 0 Å². The second-order valence-electron chi connectivity index (χ2n) is 5.77. The van der Waals surface area contributed by atoms with E-state index < -0.39 is 22.0 Å². The van der Waals surface area contributed by atoms with Gasteiger partial charge < -0.3 is 14.8 Å². The molecule has 2 aromatic carbocycles. The largest absolute Gasteiger partial charge is 0.497 e. The summed E-state index contributed by atoms with van der Waals surface area (Å²) >= 11 is 6.06. The maximum atomic E-state index is 12.7. The topological polar surface area (TPSA) is 84.9 Å². The van der Waals surface area contributed by atoms with Crippen molar-refractivity contribution in [3.63, 3.8) is 0 Å². The summed E-state index contributed by atoms with van der Waals surface area (Å²) in [5.74, 6) is 0.442. The summed E-state index contributed by atoms with van der Waals surface area (Å²) in [5, 5.41) is 3.00. The lowest BCUT2D eigenvalue weighted by Gasteiger charge is -2.28. The Labute approximate surface area is 163 Å². The van der Waals surface area contributed by atoms with Crippen molar-refractivity contribution < 1.29 is 22.7 Å². The average Bonchev–Trinajstić information content (AvgIpc) is 2.61. The number of sulfonamides is 1. The summed E-state index contributed by atoms with van der Waals surface area (Å²) in [6.45, 7) is 1.50. The van der Waals surface area contributed by atoms with Gasteiger partial charge in [-0.15, -0.1) is 0 Å². The Morgan fingerprint density at radius 1 is 1.15 bits per heavy atom. The number of carbonyl (C=O) groups excluding carboxylic acids is 1. The van der Waals surface area contributed by atoms with Gasteiger partial charge in [0, 0.05) is 11.8 Å². The number of nitrogens with one attached hydrogen (secondary N) is 1. The summed E-state index contributed by atoms with van der Waals surface area (Å²) in [6, 6.07) is 10.2. The van der Waals surface area contributed by atoms with Gasteiger partial charge in [-0.3, -0.25) is 9.10 Å². The second-order valence-corrected chi connectivity index (χ2v) is 8.04. The van der Waals surface area contributed by atoms with Crippen molar-refractivity contribution in [2.45, 2.75) is 13.0 Å². The Hall–Kier alpha value is -2.45. The molecule has 0 aliphatic carbocycles. The van der Waals surface area contributed by atoms with Crippen LogP contribution in [-0.4, -0.2) is 40.8 Å². The number of benzene rings is 2. The summed E-state index contributed by atoms with van der Waals surface area (Å²) in [7, 11) is -0.762. The van der Waals surface area contributed by atoms with Crippen LogP contribution in [0.2, 0.25) is 5.02 Å². The fraction of sp³-hybridized carbons (Fsp3) is 0.278. The van der Waals surface area contributed by atoms with Gasteiger partial charge in [-0.1, -0.05) is 17.7 Å². The molecule has 0 bridgehead atoms. The Morgan fingerprint density at radius 3 is 2.41 bits per heavy atom. The van der Waals surface area contributed by atoms with E-state index in [4.69, 9.17) is 21.1 Å². The van der Waals surface area contributed by atoms with Gasteiger partial charge in [-0.2, -0.15) is 0 Å². The maximum Gasteiger partial charge on any atom is 0.247 e. The molecule has 0 fully saturated rings. The van der Waals surface area contributed by atoms with Crippen molar-refractivity contribution in [2.24, 2.45) is 0 Å². The molecular weight excluding hydrogens is 392 g/mol. The number of ether oxygens (including phenoxy) is 2. The average molecular weight is 413 g/mol. The predicted octanol–water partition coefficient (Wildman–Crippen LogP) is 3.15. The number of carbonyl (C=O) groups is 1. The third kappa shape index (κ3) is 5.05. The van der Waals surface area contributed by atoms with Gasteiger partial charge in [0.05, 0.1) is 31.2 Å². The number of rotatable bonds is 7. The minimum atomic E-state index is -3.73. The molecule has 0 aliphatic heterocycles. The van der Waals surface area contributed by atoms with Crippen molar-refractivity contribution in [3.8, 4) is 11.5 Å². The van der Waals surface area contributed by atoms with Crippen molar-refractivity contribution in [2.75, 3.05) is 30.1 Å². The first-order valence-electron chi connectivity index (χ1n) is 7.95. The normalized spacial score (nSPS) is 12.2. The molecule has 1 N–H and O–H groups in total. The summed E-state index contributed by atoms with van der Waals surface area (Å²) in [4.78, 5) is 12.7. The molecule has 7 nitrogen and oxygen atoms in total. The maximum absolute atomic E-state index is 12.7. The first-order chi connectivity index (χ1) is 12.7. The molecule has 9 heteroatoms. The molecule has 146 valence electrons. The molecule has 27 heavy (non-hydrogen) atoms. The van der Waals surface area contributed by atoms with E-state index in [0.717, 1.165) is 10.6 Å². The Morgan fingerprint density at radius 2 is 1.85 bits per heavy atom.